The average molecular weight is 552 g/mol. The molecule has 2 aromatic rings. The van der Waals surface area contributed by atoms with E-state index in [1.807, 2.05) is 55.5 Å². The van der Waals surface area contributed by atoms with Crippen molar-refractivity contribution in [3.63, 3.8) is 0 Å². The fourth-order valence-electron chi connectivity index (χ4n) is 3.07. The van der Waals surface area contributed by atoms with Crippen LogP contribution in [0.2, 0.25) is 0 Å². The highest BCUT2D eigenvalue weighted by Gasteiger charge is 2.23. The number of ether oxygens (including phenoxy) is 2. The van der Waals surface area contributed by atoms with Crippen LogP contribution in [0.15, 0.2) is 53.5 Å². The molecule has 0 bridgehead atoms. The van der Waals surface area contributed by atoms with Gasteiger partial charge in [-0.05, 0) is 49.9 Å². The minimum atomic E-state index is -0.0569. The van der Waals surface area contributed by atoms with Crippen LogP contribution in [-0.2, 0) is 17.8 Å². The second-order valence-corrected chi connectivity index (χ2v) is 7.42. The second kappa shape index (κ2) is 13.8. The molecule has 1 amide bonds. The standard InChI is InChI=1S/C24H32N4O3.HI/c1-3-30-22-7-5-4-6-19(22)16-27-24(25-2)26-15-14-18-8-12-21(13-9-18)31-17-23(29)28-20-10-11-20;/h4-9,12-13,20H,3,10-11,14-17H2,1-2H3,(H,28,29)(H2,25,26,27);1H. The van der Waals surface area contributed by atoms with E-state index in [0.29, 0.717) is 24.9 Å². The summed E-state index contributed by atoms with van der Waals surface area (Å²) in [7, 11) is 1.76. The number of halogens is 1. The van der Waals surface area contributed by atoms with Crippen LogP contribution in [0.5, 0.6) is 11.5 Å². The topological polar surface area (TPSA) is 84.0 Å². The van der Waals surface area contributed by atoms with E-state index in [2.05, 4.69) is 20.9 Å². The second-order valence-electron chi connectivity index (χ2n) is 7.42. The number of carbonyl (C=O) groups is 1. The lowest BCUT2D eigenvalue weighted by atomic mass is 10.1. The molecule has 1 saturated carbocycles. The maximum Gasteiger partial charge on any atom is 0.258 e. The van der Waals surface area contributed by atoms with Crippen molar-refractivity contribution in [3.05, 3.63) is 59.7 Å². The van der Waals surface area contributed by atoms with Gasteiger partial charge in [0.15, 0.2) is 12.6 Å². The third-order valence-corrected chi connectivity index (χ3v) is 4.88. The van der Waals surface area contributed by atoms with Crippen molar-refractivity contribution in [3.8, 4) is 11.5 Å². The van der Waals surface area contributed by atoms with Crippen LogP contribution in [0, 0.1) is 0 Å². The van der Waals surface area contributed by atoms with Crippen LogP contribution in [0.1, 0.15) is 30.9 Å². The SMILES string of the molecule is CCOc1ccccc1CNC(=NC)NCCc1ccc(OCC(=O)NC2CC2)cc1.I. The first-order chi connectivity index (χ1) is 15.2. The number of para-hydroxylation sites is 1. The van der Waals surface area contributed by atoms with Crippen molar-refractivity contribution >= 4 is 35.8 Å². The van der Waals surface area contributed by atoms with Gasteiger partial charge < -0.3 is 25.4 Å². The summed E-state index contributed by atoms with van der Waals surface area (Å²) in [5.41, 5.74) is 2.27. The van der Waals surface area contributed by atoms with E-state index < -0.39 is 0 Å². The Morgan fingerprint density at radius 3 is 2.50 bits per heavy atom. The molecule has 174 valence electrons. The van der Waals surface area contributed by atoms with Crippen molar-refractivity contribution in [2.24, 2.45) is 4.99 Å². The van der Waals surface area contributed by atoms with Gasteiger partial charge in [0, 0.05) is 31.7 Å². The molecular formula is C24H33IN4O3. The fraction of sp³-hybridized carbons (Fsp3) is 0.417. The smallest absolute Gasteiger partial charge is 0.258 e. The largest absolute Gasteiger partial charge is 0.494 e. The number of rotatable bonds is 11. The Bertz CT molecular complexity index is 870. The highest BCUT2D eigenvalue weighted by Crippen LogP contribution is 2.19. The summed E-state index contributed by atoms with van der Waals surface area (Å²) in [6, 6.07) is 16.2. The zero-order valence-electron chi connectivity index (χ0n) is 18.7. The van der Waals surface area contributed by atoms with Gasteiger partial charge in [-0.2, -0.15) is 0 Å². The van der Waals surface area contributed by atoms with Crippen LogP contribution < -0.4 is 25.4 Å². The normalized spacial score (nSPS) is 13.0. The molecule has 1 aliphatic rings. The minimum Gasteiger partial charge on any atom is -0.494 e. The van der Waals surface area contributed by atoms with E-state index in [1.54, 1.807) is 7.05 Å². The predicted molar refractivity (Wildman–Crippen MR) is 138 cm³/mol. The summed E-state index contributed by atoms with van der Waals surface area (Å²) < 4.78 is 11.2. The zero-order chi connectivity index (χ0) is 21.9. The molecule has 8 heteroatoms. The molecule has 0 unspecified atom stereocenters. The van der Waals surface area contributed by atoms with Crippen LogP contribution in [-0.4, -0.2) is 44.7 Å². The third kappa shape index (κ3) is 8.94. The van der Waals surface area contributed by atoms with Crippen LogP contribution >= 0.6 is 24.0 Å². The van der Waals surface area contributed by atoms with Gasteiger partial charge in [0.25, 0.3) is 5.91 Å². The number of aliphatic imine (C=N–C) groups is 1. The van der Waals surface area contributed by atoms with E-state index in [4.69, 9.17) is 9.47 Å². The molecule has 7 nitrogen and oxygen atoms in total. The molecular weight excluding hydrogens is 519 g/mol. The number of hydrogen-bond donors (Lipinski definition) is 3. The molecule has 0 atom stereocenters. The molecule has 0 saturated heterocycles. The Balaban J connectivity index is 0.00000363. The van der Waals surface area contributed by atoms with Gasteiger partial charge >= 0.3 is 0 Å². The number of guanidine groups is 1. The Morgan fingerprint density at radius 2 is 1.81 bits per heavy atom. The Morgan fingerprint density at radius 1 is 1.06 bits per heavy atom. The highest BCUT2D eigenvalue weighted by molar-refractivity contribution is 14.0. The molecule has 3 rings (SSSR count). The fourth-order valence-corrected chi connectivity index (χ4v) is 3.07. The molecule has 0 spiro atoms. The van der Waals surface area contributed by atoms with Gasteiger partial charge in [-0.15, -0.1) is 24.0 Å². The highest BCUT2D eigenvalue weighted by atomic mass is 127. The van der Waals surface area contributed by atoms with E-state index in [0.717, 1.165) is 43.1 Å². The number of nitrogens with one attached hydrogen (secondary N) is 3. The van der Waals surface area contributed by atoms with Crippen LogP contribution in [0.4, 0.5) is 0 Å². The van der Waals surface area contributed by atoms with E-state index in [1.165, 1.54) is 5.56 Å². The zero-order valence-corrected chi connectivity index (χ0v) is 21.1. The summed E-state index contributed by atoms with van der Waals surface area (Å²) in [6.45, 7) is 4.07. The van der Waals surface area contributed by atoms with Crippen molar-refractivity contribution in [2.45, 2.75) is 38.8 Å². The van der Waals surface area contributed by atoms with Crippen molar-refractivity contribution < 1.29 is 14.3 Å². The number of nitrogens with zero attached hydrogens (tertiary/aromatic N) is 1. The van der Waals surface area contributed by atoms with Crippen molar-refractivity contribution in [1.82, 2.24) is 16.0 Å². The minimum absolute atomic E-state index is 0. The lowest BCUT2D eigenvalue weighted by molar-refractivity contribution is -0.123. The van der Waals surface area contributed by atoms with Gasteiger partial charge in [0.05, 0.1) is 6.61 Å². The van der Waals surface area contributed by atoms with Crippen molar-refractivity contribution in [2.75, 3.05) is 26.8 Å². The van der Waals surface area contributed by atoms with Gasteiger partial charge in [-0.25, -0.2) is 0 Å². The number of hydrogen-bond acceptors (Lipinski definition) is 4. The molecule has 0 radical (unpaired) electrons. The monoisotopic (exact) mass is 552 g/mol. The molecule has 1 aliphatic carbocycles. The number of amides is 1. The van der Waals surface area contributed by atoms with Gasteiger partial charge in [-0.1, -0.05) is 30.3 Å². The first kappa shape index (κ1) is 25.8. The summed E-state index contributed by atoms with van der Waals surface area (Å²) in [5.74, 6) is 2.28. The van der Waals surface area contributed by atoms with Crippen LogP contribution in [0.3, 0.4) is 0 Å². The first-order valence-corrected chi connectivity index (χ1v) is 10.8. The molecule has 0 heterocycles. The average Bonchev–Trinajstić information content (AvgIpc) is 3.60. The quantitative estimate of drug-likeness (QED) is 0.227. The molecule has 3 N–H and O–H groups in total. The maximum atomic E-state index is 11.7. The van der Waals surface area contributed by atoms with E-state index >= 15 is 0 Å². The summed E-state index contributed by atoms with van der Waals surface area (Å²) in [4.78, 5) is 16.0. The first-order valence-electron chi connectivity index (χ1n) is 10.8. The van der Waals surface area contributed by atoms with Crippen LogP contribution in [0.25, 0.3) is 0 Å². The summed E-state index contributed by atoms with van der Waals surface area (Å²) >= 11 is 0. The third-order valence-electron chi connectivity index (χ3n) is 4.88. The Labute approximate surface area is 207 Å². The lowest BCUT2D eigenvalue weighted by Crippen LogP contribution is -2.37. The van der Waals surface area contributed by atoms with Gasteiger partial charge in [-0.3, -0.25) is 9.79 Å². The van der Waals surface area contributed by atoms with E-state index in [9.17, 15) is 4.79 Å². The summed E-state index contributed by atoms with van der Waals surface area (Å²) in [5, 5.41) is 9.57. The number of benzene rings is 2. The van der Waals surface area contributed by atoms with Crippen molar-refractivity contribution in [1.29, 1.82) is 0 Å². The molecule has 2 aromatic carbocycles. The van der Waals surface area contributed by atoms with Gasteiger partial charge in [0.2, 0.25) is 0 Å². The Hall–Kier alpha value is -2.49. The molecule has 0 aliphatic heterocycles. The molecule has 1 fully saturated rings. The molecule has 0 aromatic heterocycles. The molecule has 32 heavy (non-hydrogen) atoms. The maximum absolute atomic E-state index is 11.7. The predicted octanol–water partition coefficient (Wildman–Crippen LogP) is 3.27. The summed E-state index contributed by atoms with van der Waals surface area (Å²) in [6.07, 6.45) is 3.00. The van der Waals surface area contributed by atoms with Gasteiger partial charge in [0.1, 0.15) is 11.5 Å². The number of carbonyl (C=O) groups excluding carboxylic acids is 1. The van der Waals surface area contributed by atoms with E-state index in [-0.39, 0.29) is 36.5 Å². The Kier molecular flexibility index (Phi) is 11.1. The lowest BCUT2D eigenvalue weighted by Gasteiger charge is -2.14.